The number of carbonyl (C=O) groups excluding carboxylic acids is 1. The number of rotatable bonds is 4. The van der Waals surface area contributed by atoms with Crippen molar-refractivity contribution in [1.29, 1.82) is 0 Å². The molecule has 0 aliphatic heterocycles. The molecule has 1 aromatic heterocycles. The average molecular weight is 220 g/mol. The summed E-state index contributed by atoms with van der Waals surface area (Å²) in [5.74, 6) is -4.35. The molecule has 1 heterocycles. The molecule has 0 aliphatic carbocycles. The van der Waals surface area contributed by atoms with Gasteiger partial charge in [-0.25, -0.2) is 13.6 Å². The second-order valence-corrected chi connectivity index (χ2v) is 2.98. The van der Waals surface area contributed by atoms with Gasteiger partial charge in [-0.15, -0.1) is 0 Å². The summed E-state index contributed by atoms with van der Waals surface area (Å²) >= 11 is 0. The lowest BCUT2D eigenvalue weighted by Gasteiger charge is -2.04. The van der Waals surface area contributed by atoms with Crippen molar-refractivity contribution in [2.24, 2.45) is 0 Å². The lowest BCUT2D eigenvalue weighted by atomic mass is 10.3. The van der Waals surface area contributed by atoms with Gasteiger partial charge in [0.2, 0.25) is 5.89 Å². The number of ether oxygens (including phenoxy) is 1. The lowest BCUT2D eigenvalue weighted by molar-refractivity contribution is 0.0149. The number of aromatic nitrogens is 2. The summed E-state index contributed by atoms with van der Waals surface area (Å²) < 4.78 is 34.1. The molecular weight excluding hydrogens is 210 g/mol. The molecule has 0 saturated heterocycles. The van der Waals surface area contributed by atoms with Crippen LogP contribution in [0.15, 0.2) is 4.52 Å². The summed E-state index contributed by atoms with van der Waals surface area (Å²) in [6.07, 6.45) is -0.695. The van der Waals surface area contributed by atoms with Crippen molar-refractivity contribution >= 4 is 5.97 Å². The van der Waals surface area contributed by atoms with Crippen LogP contribution in [0.1, 0.15) is 30.4 Å². The lowest BCUT2D eigenvalue weighted by Crippen LogP contribution is -2.14. The van der Waals surface area contributed by atoms with Crippen LogP contribution in [0.25, 0.3) is 0 Å². The highest BCUT2D eigenvalue weighted by Gasteiger charge is 2.26. The molecule has 0 spiro atoms. The SMILES string of the molecule is CCOC(=O)c1noc(CC(C)(F)F)n1. The van der Waals surface area contributed by atoms with Crippen molar-refractivity contribution in [3.63, 3.8) is 0 Å². The Morgan fingerprint density at radius 3 is 2.80 bits per heavy atom. The molecule has 7 heteroatoms. The van der Waals surface area contributed by atoms with Crippen LogP contribution in [0.3, 0.4) is 0 Å². The van der Waals surface area contributed by atoms with Gasteiger partial charge in [-0.1, -0.05) is 0 Å². The largest absolute Gasteiger partial charge is 0.460 e. The van der Waals surface area contributed by atoms with Gasteiger partial charge in [0.25, 0.3) is 11.7 Å². The van der Waals surface area contributed by atoms with Crippen molar-refractivity contribution in [2.75, 3.05) is 6.61 Å². The Morgan fingerprint density at radius 1 is 1.60 bits per heavy atom. The van der Waals surface area contributed by atoms with E-state index < -0.39 is 18.3 Å². The van der Waals surface area contributed by atoms with Crippen LogP contribution in [0, 0.1) is 0 Å². The maximum absolute atomic E-state index is 12.5. The molecule has 15 heavy (non-hydrogen) atoms. The number of esters is 1. The Morgan fingerprint density at radius 2 is 2.27 bits per heavy atom. The first kappa shape index (κ1) is 11.5. The van der Waals surface area contributed by atoms with E-state index in [1.807, 2.05) is 0 Å². The van der Waals surface area contributed by atoms with Crippen LogP contribution in [-0.2, 0) is 11.2 Å². The van der Waals surface area contributed by atoms with Gasteiger partial charge in [-0.2, -0.15) is 4.98 Å². The summed E-state index contributed by atoms with van der Waals surface area (Å²) in [4.78, 5) is 14.5. The molecule has 1 rings (SSSR count). The zero-order valence-corrected chi connectivity index (χ0v) is 8.29. The molecule has 0 fully saturated rings. The van der Waals surface area contributed by atoms with Gasteiger partial charge in [0, 0.05) is 0 Å². The second-order valence-electron chi connectivity index (χ2n) is 2.98. The van der Waals surface area contributed by atoms with E-state index in [-0.39, 0.29) is 18.3 Å². The topological polar surface area (TPSA) is 65.2 Å². The van der Waals surface area contributed by atoms with Gasteiger partial charge in [0.15, 0.2) is 0 Å². The van der Waals surface area contributed by atoms with Gasteiger partial charge in [-0.05, 0) is 19.0 Å². The van der Waals surface area contributed by atoms with E-state index in [9.17, 15) is 13.6 Å². The monoisotopic (exact) mass is 220 g/mol. The molecule has 0 N–H and O–H groups in total. The normalized spacial score (nSPS) is 11.5. The summed E-state index contributed by atoms with van der Waals surface area (Å²) in [5.41, 5.74) is 0. The summed E-state index contributed by atoms with van der Waals surface area (Å²) in [5, 5.41) is 3.22. The highest BCUT2D eigenvalue weighted by atomic mass is 19.3. The van der Waals surface area contributed by atoms with Crippen molar-refractivity contribution in [3.05, 3.63) is 11.7 Å². The third kappa shape index (κ3) is 3.61. The fourth-order valence-electron chi connectivity index (χ4n) is 0.871. The summed E-state index contributed by atoms with van der Waals surface area (Å²) in [6.45, 7) is 2.49. The van der Waals surface area contributed by atoms with Crippen molar-refractivity contribution in [2.45, 2.75) is 26.2 Å². The van der Waals surface area contributed by atoms with E-state index >= 15 is 0 Å². The predicted octanol–water partition coefficient (Wildman–Crippen LogP) is 1.44. The quantitative estimate of drug-likeness (QED) is 0.718. The maximum Gasteiger partial charge on any atom is 0.379 e. The fraction of sp³-hybridized carbons (Fsp3) is 0.625. The minimum Gasteiger partial charge on any atom is -0.460 e. The second kappa shape index (κ2) is 4.33. The van der Waals surface area contributed by atoms with Gasteiger partial charge in [0.1, 0.15) is 0 Å². The number of nitrogens with zero attached hydrogens (tertiary/aromatic N) is 2. The zero-order chi connectivity index (χ0) is 11.5. The van der Waals surface area contributed by atoms with E-state index in [4.69, 9.17) is 0 Å². The minimum atomic E-state index is -2.95. The van der Waals surface area contributed by atoms with Crippen molar-refractivity contribution in [3.8, 4) is 0 Å². The Bertz CT molecular complexity index is 346. The highest BCUT2D eigenvalue weighted by Crippen LogP contribution is 2.17. The Hall–Kier alpha value is -1.53. The van der Waals surface area contributed by atoms with Crippen molar-refractivity contribution in [1.82, 2.24) is 10.1 Å². The maximum atomic E-state index is 12.5. The van der Waals surface area contributed by atoms with Crippen LogP contribution in [0.4, 0.5) is 8.78 Å². The Kier molecular flexibility index (Phi) is 3.33. The van der Waals surface area contributed by atoms with E-state index in [1.54, 1.807) is 6.92 Å². The summed E-state index contributed by atoms with van der Waals surface area (Å²) in [7, 11) is 0. The van der Waals surface area contributed by atoms with Gasteiger partial charge >= 0.3 is 5.97 Å². The standard InChI is InChI=1S/C8H10F2N2O3/c1-3-14-7(13)6-11-5(15-12-6)4-8(2,9)10/h3-4H2,1-2H3. The van der Waals surface area contributed by atoms with E-state index in [0.29, 0.717) is 0 Å². The van der Waals surface area contributed by atoms with Crippen LogP contribution in [0.5, 0.6) is 0 Å². The molecule has 0 aromatic carbocycles. The number of hydrogen-bond acceptors (Lipinski definition) is 5. The molecule has 0 unspecified atom stereocenters. The number of halogens is 2. The Balaban J connectivity index is 2.68. The molecule has 0 bridgehead atoms. The molecule has 0 radical (unpaired) electrons. The molecule has 84 valence electrons. The fourth-order valence-corrected chi connectivity index (χ4v) is 0.871. The van der Waals surface area contributed by atoms with Crippen LogP contribution < -0.4 is 0 Å². The Labute approximate surface area is 84.4 Å². The number of alkyl halides is 2. The minimum absolute atomic E-state index is 0.159. The van der Waals surface area contributed by atoms with Gasteiger partial charge in [-0.3, -0.25) is 0 Å². The molecule has 5 nitrogen and oxygen atoms in total. The van der Waals surface area contributed by atoms with Crippen LogP contribution in [0.2, 0.25) is 0 Å². The van der Waals surface area contributed by atoms with Crippen LogP contribution >= 0.6 is 0 Å². The third-order valence-corrected chi connectivity index (χ3v) is 1.39. The van der Waals surface area contributed by atoms with E-state index in [0.717, 1.165) is 6.92 Å². The molecular formula is C8H10F2N2O3. The molecule has 1 aromatic rings. The van der Waals surface area contributed by atoms with Gasteiger partial charge < -0.3 is 9.26 Å². The first-order chi connectivity index (χ1) is 6.92. The third-order valence-electron chi connectivity index (χ3n) is 1.39. The van der Waals surface area contributed by atoms with Crippen LogP contribution in [-0.4, -0.2) is 28.6 Å². The summed E-state index contributed by atoms with van der Waals surface area (Å²) in [6, 6.07) is 0. The number of hydrogen-bond donors (Lipinski definition) is 0. The molecule has 0 atom stereocenters. The first-order valence-corrected chi connectivity index (χ1v) is 4.30. The van der Waals surface area contributed by atoms with E-state index in [1.165, 1.54) is 0 Å². The first-order valence-electron chi connectivity index (χ1n) is 4.30. The highest BCUT2D eigenvalue weighted by molar-refractivity contribution is 5.84. The zero-order valence-electron chi connectivity index (χ0n) is 8.29. The molecule has 0 saturated carbocycles. The smallest absolute Gasteiger partial charge is 0.379 e. The number of carbonyl (C=O) groups is 1. The van der Waals surface area contributed by atoms with Gasteiger partial charge in [0.05, 0.1) is 13.0 Å². The van der Waals surface area contributed by atoms with Crippen molar-refractivity contribution < 1.29 is 22.8 Å². The molecule has 0 amide bonds. The van der Waals surface area contributed by atoms with E-state index in [2.05, 4.69) is 19.4 Å². The molecule has 0 aliphatic rings. The predicted molar refractivity (Wildman–Crippen MR) is 44.6 cm³/mol. The average Bonchev–Trinajstić information content (AvgIpc) is 2.50.